The van der Waals surface area contributed by atoms with Crippen LogP contribution in [0.2, 0.25) is 0 Å². The van der Waals surface area contributed by atoms with Crippen LogP contribution in [-0.4, -0.2) is 23.9 Å². The molecule has 0 fully saturated rings. The zero-order chi connectivity index (χ0) is 17.3. The lowest BCUT2D eigenvalue weighted by Gasteiger charge is -2.03. The van der Waals surface area contributed by atoms with E-state index in [-0.39, 0.29) is 5.97 Å². The van der Waals surface area contributed by atoms with Crippen molar-refractivity contribution in [3.63, 3.8) is 0 Å². The van der Waals surface area contributed by atoms with E-state index >= 15 is 0 Å². The summed E-state index contributed by atoms with van der Waals surface area (Å²) < 4.78 is 6.84. The van der Waals surface area contributed by atoms with Gasteiger partial charge in [0.2, 0.25) is 0 Å². The number of para-hydroxylation sites is 1. The van der Waals surface area contributed by atoms with Gasteiger partial charge in [-0.1, -0.05) is 18.2 Å². The molecule has 0 bridgehead atoms. The van der Waals surface area contributed by atoms with Crippen LogP contribution >= 0.6 is 0 Å². The highest BCUT2D eigenvalue weighted by atomic mass is 16.5. The van der Waals surface area contributed by atoms with Crippen molar-refractivity contribution in [3.05, 3.63) is 64.8 Å². The van der Waals surface area contributed by atoms with E-state index in [4.69, 9.17) is 4.74 Å². The Hall–Kier alpha value is -2.88. The molecule has 0 amide bonds. The second-order valence-corrected chi connectivity index (χ2v) is 5.92. The van der Waals surface area contributed by atoms with Crippen LogP contribution in [0.1, 0.15) is 27.0 Å². The summed E-state index contributed by atoms with van der Waals surface area (Å²) in [5.41, 5.74) is 5.83. The van der Waals surface area contributed by atoms with Gasteiger partial charge in [0.15, 0.2) is 0 Å². The van der Waals surface area contributed by atoms with Crippen molar-refractivity contribution in [2.45, 2.75) is 13.8 Å². The molecule has 0 unspecified atom stereocenters. The molecule has 122 valence electrons. The topological polar surface area (TPSA) is 43.6 Å². The number of ether oxygens (including phenoxy) is 1. The molecule has 0 N–H and O–H groups in total. The van der Waals surface area contributed by atoms with Crippen LogP contribution < -0.4 is 0 Å². The van der Waals surface area contributed by atoms with Crippen molar-refractivity contribution in [1.82, 2.24) is 4.57 Å². The number of esters is 1. The number of aromatic nitrogens is 1. The number of aliphatic imine (C=N–C) groups is 1. The van der Waals surface area contributed by atoms with E-state index in [0.717, 1.165) is 33.3 Å². The van der Waals surface area contributed by atoms with Gasteiger partial charge in [0, 0.05) is 35.9 Å². The lowest BCUT2D eigenvalue weighted by molar-refractivity contribution is 0.0601. The van der Waals surface area contributed by atoms with Crippen LogP contribution in [0, 0.1) is 13.8 Å². The summed E-state index contributed by atoms with van der Waals surface area (Å²) >= 11 is 0. The number of fused-ring (bicyclic) bond motifs is 1. The minimum atomic E-state index is -0.335. The molecule has 0 aliphatic heterocycles. The largest absolute Gasteiger partial charge is 0.465 e. The lowest BCUT2D eigenvalue weighted by Crippen LogP contribution is -2.00. The van der Waals surface area contributed by atoms with E-state index in [1.807, 2.05) is 42.2 Å². The average Bonchev–Trinajstić information content (AvgIpc) is 2.89. The number of aryl methyl sites for hydroxylation is 3. The van der Waals surface area contributed by atoms with E-state index in [0.29, 0.717) is 5.56 Å². The smallest absolute Gasteiger partial charge is 0.337 e. The first-order chi connectivity index (χ1) is 11.5. The standard InChI is InChI=1S/C20H20N2O2/c1-13-6-5-7-14(2)19(13)21-11-16-12-22(3)18-9-8-15(10-17(16)18)20(23)24-4/h5-12H,1-4H3. The second-order valence-electron chi connectivity index (χ2n) is 5.92. The molecule has 4 nitrogen and oxygen atoms in total. The molecule has 0 aliphatic carbocycles. The Bertz CT molecular complexity index is 931. The van der Waals surface area contributed by atoms with Gasteiger partial charge >= 0.3 is 5.97 Å². The number of nitrogens with zero attached hydrogens (tertiary/aromatic N) is 2. The minimum absolute atomic E-state index is 0.335. The first-order valence-electron chi connectivity index (χ1n) is 7.79. The summed E-state index contributed by atoms with van der Waals surface area (Å²) in [5.74, 6) is -0.335. The van der Waals surface area contributed by atoms with Gasteiger partial charge in [-0.2, -0.15) is 0 Å². The summed E-state index contributed by atoms with van der Waals surface area (Å²) in [4.78, 5) is 16.5. The molecule has 2 aromatic carbocycles. The Morgan fingerprint density at radius 2 is 1.88 bits per heavy atom. The van der Waals surface area contributed by atoms with Crippen LogP contribution in [0.5, 0.6) is 0 Å². The third-order valence-corrected chi connectivity index (χ3v) is 4.21. The third-order valence-electron chi connectivity index (χ3n) is 4.21. The van der Waals surface area contributed by atoms with Crippen molar-refractivity contribution in [2.24, 2.45) is 12.0 Å². The predicted molar refractivity (Wildman–Crippen MR) is 97.4 cm³/mol. The van der Waals surface area contributed by atoms with Gasteiger partial charge in [-0.15, -0.1) is 0 Å². The fraction of sp³-hybridized carbons (Fsp3) is 0.200. The normalized spacial score (nSPS) is 11.3. The van der Waals surface area contributed by atoms with Crippen LogP contribution in [0.15, 0.2) is 47.6 Å². The first kappa shape index (κ1) is 16.0. The van der Waals surface area contributed by atoms with Crippen molar-refractivity contribution in [1.29, 1.82) is 0 Å². The molecule has 3 aromatic rings. The zero-order valence-electron chi connectivity index (χ0n) is 14.3. The van der Waals surface area contributed by atoms with Crippen LogP contribution in [-0.2, 0) is 11.8 Å². The summed E-state index contributed by atoms with van der Waals surface area (Å²) in [6.07, 6.45) is 3.88. The van der Waals surface area contributed by atoms with E-state index in [1.165, 1.54) is 7.11 Å². The highest BCUT2D eigenvalue weighted by Gasteiger charge is 2.11. The van der Waals surface area contributed by atoms with Gasteiger partial charge < -0.3 is 9.30 Å². The number of hydrogen-bond donors (Lipinski definition) is 0. The molecule has 1 aromatic heterocycles. The van der Waals surface area contributed by atoms with Crippen LogP contribution in [0.4, 0.5) is 5.69 Å². The number of hydrogen-bond acceptors (Lipinski definition) is 3. The van der Waals surface area contributed by atoms with Crippen LogP contribution in [0.25, 0.3) is 10.9 Å². The van der Waals surface area contributed by atoms with Gasteiger partial charge in [0.25, 0.3) is 0 Å². The number of benzene rings is 2. The van der Waals surface area contributed by atoms with E-state index in [9.17, 15) is 4.79 Å². The van der Waals surface area contributed by atoms with Crippen molar-refractivity contribution in [2.75, 3.05) is 7.11 Å². The molecule has 0 saturated heterocycles. The second kappa shape index (κ2) is 6.32. The summed E-state index contributed by atoms with van der Waals surface area (Å²) in [7, 11) is 3.37. The lowest BCUT2D eigenvalue weighted by atomic mass is 10.1. The Balaban J connectivity index is 2.09. The molecule has 0 saturated carbocycles. The maximum atomic E-state index is 11.8. The fourth-order valence-electron chi connectivity index (χ4n) is 2.91. The molecule has 1 heterocycles. The minimum Gasteiger partial charge on any atom is -0.465 e. The number of carbonyl (C=O) groups excluding carboxylic acids is 1. The Morgan fingerprint density at radius 3 is 2.54 bits per heavy atom. The molecule has 0 spiro atoms. The maximum Gasteiger partial charge on any atom is 0.337 e. The molecule has 0 radical (unpaired) electrons. The summed E-state index contributed by atoms with van der Waals surface area (Å²) in [6.45, 7) is 4.11. The van der Waals surface area contributed by atoms with Crippen molar-refractivity contribution in [3.8, 4) is 0 Å². The predicted octanol–water partition coefficient (Wildman–Crippen LogP) is 4.33. The van der Waals surface area contributed by atoms with E-state index in [1.54, 1.807) is 6.07 Å². The monoisotopic (exact) mass is 320 g/mol. The average molecular weight is 320 g/mol. The van der Waals surface area contributed by atoms with Gasteiger partial charge in [0.1, 0.15) is 0 Å². The molecular weight excluding hydrogens is 300 g/mol. The maximum absolute atomic E-state index is 11.8. The molecule has 0 aliphatic rings. The zero-order valence-corrected chi connectivity index (χ0v) is 14.3. The van der Waals surface area contributed by atoms with Crippen LogP contribution in [0.3, 0.4) is 0 Å². The Morgan fingerprint density at radius 1 is 1.17 bits per heavy atom. The molecular formula is C20H20N2O2. The van der Waals surface area contributed by atoms with Gasteiger partial charge in [0.05, 0.1) is 18.4 Å². The van der Waals surface area contributed by atoms with Gasteiger partial charge in [-0.25, -0.2) is 4.79 Å². The van der Waals surface area contributed by atoms with Gasteiger partial charge in [-0.3, -0.25) is 4.99 Å². The van der Waals surface area contributed by atoms with Crippen molar-refractivity contribution < 1.29 is 9.53 Å². The third kappa shape index (κ3) is 2.83. The van der Waals surface area contributed by atoms with Gasteiger partial charge in [-0.05, 0) is 43.2 Å². The number of rotatable bonds is 3. The molecule has 24 heavy (non-hydrogen) atoms. The fourth-order valence-corrected chi connectivity index (χ4v) is 2.91. The number of carbonyl (C=O) groups is 1. The molecule has 4 heteroatoms. The van der Waals surface area contributed by atoms with E-state index < -0.39 is 0 Å². The quantitative estimate of drug-likeness (QED) is 0.532. The first-order valence-corrected chi connectivity index (χ1v) is 7.79. The summed E-state index contributed by atoms with van der Waals surface area (Å²) in [6, 6.07) is 11.7. The number of methoxy groups -OCH3 is 1. The SMILES string of the molecule is COC(=O)c1ccc2c(c1)c(C=Nc1c(C)cccc1C)cn2C. The Labute approximate surface area is 141 Å². The Kier molecular flexibility index (Phi) is 4.21. The molecule has 3 rings (SSSR count). The highest BCUT2D eigenvalue weighted by molar-refractivity contribution is 6.03. The molecule has 0 atom stereocenters. The summed E-state index contributed by atoms with van der Waals surface area (Å²) in [5, 5.41) is 0.982. The highest BCUT2D eigenvalue weighted by Crippen LogP contribution is 2.25. The van der Waals surface area contributed by atoms with Crippen molar-refractivity contribution >= 4 is 28.8 Å². The van der Waals surface area contributed by atoms with E-state index in [2.05, 4.69) is 31.0 Å².